The summed E-state index contributed by atoms with van der Waals surface area (Å²) in [5.41, 5.74) is 2.73. The summed E-state index contributed by atoms with van der Waals surface area (Å²) < 4.78 is 0. The molecule has 1 aromatic carbocycles. The first-order valence-electron chi connectivity index (χ1n) is 12.8. The molecule has 2 aliphatic carbocycles. The molecule has 7 heteroatoms. The fourth-order valence-corrected chi connectivity index (χ4v) is 6.30. The molecule has 0 radical (unpaired) electrons. The van der Waals surface area contributed by atoms with Crippen molar-refractivity contribution in [3.05, 3.63) is 46.5 Å². The maximum atomic E-state index is 13.5. The molecule has 1 saturated carbocycles. The number of imide groups is 1. The topological polar surface area (TPSA) is 118 Å². The largest absolute Gasteiger partial charge is 0.507 e. The van der Waals surface area contributed by atoms with E-state index in [1.54, 1.807) is 12.1 Å². The smallest absolute Gasteiger partial charge is 0.234 e. The number of hydrogen-bond donors (Lipinski definition) is 4. The monoisotopic (exact) mass is 483 g/mol. The molecule has 35 heavy (non-hydrogen) atoms. The molecule has 0 unspecified atom stereocenters. The molecule has 4 N–H and O–H groups in total. The molecular formula is C28H37NO6. The number of phenolic OH excluding ortho intramolecular Hbond substituents is 1. The highest BCUT2D eigenvalue weighted by molar-refractivity contribution is 6.06. The maximum Gasteiger partial charge on any atom is 0.234 e. The van der Waals surface area contributed by atoms with Gasteiger partial charge in [0.05, 0.1) is 31.2 Å². The van der Waals surface area contributed by atoms with E-state index in [9.17, 15) is 30.0 Å². The lowest BCUT2D eigenvalue weighted by Gasteiger charge is -2.36. The van der Waals surface area contributed by atoms with Gasteiger partial charge < -0.3 is 20.4 Å². The Balaban J connectivity index is 1.53. The summed E-state index contributed by atoms with van der Waals surface area (Å²) in [5.74, 6) is -2.19. The maximum absolute atomic E-state index is 13.5. The van der Waals surface area contributed by atoms with E-state index in [0.29, 0.717) is 29.6 Å². The molecular weight excluding hydrogens is 446 g/mol. The van der Waals surface area contributed by atoms with Crippen molar-refractivity contribution in [3.8, 4) is 5.75 Å². The fourth-order valence-electron chi connectivity index (χ4n) is 6.30. The molecule has 4 atom stereocenters. The van der Waals surface area contributed by atoms with E-state index >= 15 is 0 Å². The van der Waals surface area contributed by atoms with Crippen LogP contribution in [0.4, 0.5) is 0 Å². The molecule has 0 spiro atoms. The highest BCUT2D eigenvalue weighted by atomic mass is 16.3. The molecule has 1 aromatic rings. The Bertz CT molecular complexity index is 1010. The summed E-state index contributed by atoms with van der Waals surface area (Å²) in [6.45, 7) is 1.24. The average Bonchev–Trinajstić information content (AvgIpc) is 3.12. The zero-order valence-corrected chi connectivity index (χ0v) is 20.4. The number of aromatic hydroxyl groups is 1. The van der Waals surface area contributed by atoms with Crippen molar-refractivity contribution in [2.75, 3.05) is 13.2 Å². The van der Waals surface area contributed by atoms with Crippen LogP contribution >= 0.6 is 0 Å². The second kappa shape index (κ2) is 11.1. The van der Waals surface area contributed by atoms with Crippen LogP contribution in [0, 0.1) is 17.8 Å². The summed E-state index contributed by atoms with van der Waals surface area (Å²) in [7, 11) is 0. The van der Waals surface area contributed by atoms with Gasteiger partial charge in [-0.1, -0.05) is 49.1 Å². The van der Waals surface area contributed by atoms with E-state index in [2.05, 4.69) is 0 Å². The van der Waals surface area contributed by atoms with Crippen LogP contribution < -0.4 is 0 Å². The van der Waals surface area contributed by atoms with Crippen LogP contribution in [0.3, 0.4) is 0 Å². The van der Waals surface area contributed by atoms with Crippen molar-refractivity contribution in [1.82, 2.24) is 4.90 Å². The number of para-hydroxylation sites is 1. The van der Waals surface area contributed by atoms with Crippen LogP contribution in [0.5, 0.6) is 5.75 Å². The Morgan fingerprint density at radius 3 is 2.49 bits per heavy atom. The highest BCUT2D eigenvalue weighted by Crippen LogP contribution is 2.47. The quantitative estimate of drug-likeness (QED) is 0.333. The molecule has 0 bridgehead atoms. The van der Waals surface area contributed by atoms with Gasteiger partial charge in [-0.2, -0.15) is 0 Å². The number of fused-ring (bicyclic) bond motifs is 1. The third-order valence-electron chi connectivity index (χ3n) is 8.06. The van der Waals surface area contributed by atoms with Gasteiger partial charge in [-0.25, -0.2) is 0 Å². The summed E-state index contributed by atoms with van der Waals surface area (Å²) in [4.78, 5) is 28.2. The number of likely N-dealkylation sites (tertiary alicyclic amines) is 1. The number of phenols is 1. The molecule has 7 nitrogen and oxygen atoms in total. The number of nitrogens with zero attached hydrogens (tertiary/aromatic N) is 1. The number of amides is 2. The van der Waals surface area contributed by atoms with Crippen LogP contribution in [0.1, 0.15) is 63.9 Å². The van der Waals surface area contributed by atoms with E-state index in [4.69, 9.17) is 0 Å². The molecule has 1 saturated heterocycles. The first kappa shape index (κ1) is 25.6. The lowest BCUT2D eigenvalue weighted by molar-refractivity contribution is -0.143. The van der Waals surface area contributed by atoms with Gasteiger partial charge in [0.15, 0.2) is 0 Å². The van der Waals surface area contributed by atoms with Gasteiger partial charge in [-0.3, -0.25) is 14.5 Å². The molecule has 0 aromatic heterocycles. The number of aliphatic hydroxyl groups is 3. The van der Waals surface area contributed by atoms with Crippen LogP contribution in [-0.2, 0) is 9.59 Å². The summed E-state index contributed by atoms with van der Waals surface area (Å²) >= 11 is 0. The normalized spacial score (nSPS) is 26.9. The minimum absolute atomic E-state index is 0.0816. The van der Waals surface area contributed by atoms with Crippen molar-refractivity contribution in [1.29, 1.82) is 0 Å². The molecule has 3 aliphatic rings. The number of carbonyl (C=O) groups excluding carboxylic acids is 2. The standard InChI is InChI=1S/C28H37NO6/c1-17(13-18-7-5-6-10-23(18)32)11-12-24(33)25-19(15-30)14-21-26(22(25)16-31)28(35)29(27(21)34)20-8-3-2-4-9-20/h5-7,10,13,20-22,24,26,30-33H,2-4,8-9,11-12,14-16H2,1H3/b17-13+/t21-,22+,24-,26-/m1/s1. The van der Waals surface area contributed by atoms with E-state index < -0.39 is 23.9 Å². The Labute approximate surface area is 206 Å². The van der Waals surface area contributed by atoms with Crippen molar-refractivity contribution < 1.29 is 30.0 Å². The lowest BCUT2D eigenvalue weighted by Crippen LogP contribution is -2.42. The van der Waals surface area contributed by atoms with E-state index in [0.717, 1.165) is 37.7 Å². The molecule has 2 amide bonds. The second-order valence-corrected chi connectivity index (χ2v) is 10.3. The van der Waals surface area contributed by atoms with Crippen LogP contribution in [0.25, 0.3) is 6.08 Å². The molecule has 1 heterocycles. The number of benzene rings is 1. The van der Waals surface area contributed by atoms with Crippen molar-refractivity contribution in [2.45, 2.75) is 70.4 Å². The van der Waals surface area contributed by atoms with Crippen molar-refractivity contribution in [3.63, 3.8) is 0 Å². The Morgan fingerprint density at radius 1 is 1.11 bits per heavy atom. The minimum Gasteiger partial charge on any atom is -0.507 e. The number of carbonyl (C=O) groups is 2. The summed E-state index contributed by atoms with van der Waals surface area (Å²) in [5, 5.41) is 41.6. The molecule has 190 valence electrons. The van der Waals surface area contributed by atoms with Gasteiger partial charge in [-0.15, -0.1) is 0 Å². The number of hydrogen-bond acceptors (Lipinski definition) is 6. The average molecular weight is 484 g/mol. The zero-order chi connectivity index (χ0) is 25.1. The van der Waals surface area contributed by atoms with Gasteiger partial charge in [0, 0.05) is 17.5 Å². The molecule has 2 fully saturated rings. The number of aliphatic hydroxyl groups excluding tert-OH is 3. The Morgan fingerprint density at radius 2 is 1.83 bits per heavy atom. The second-order valence-electron chi connectivity index (χ2n) is 10.3. The number of rotatable bonds is 8. The SMILES string of the molecule is C/C(=C\c1ccccc1O)CC[C@@H](O)C1=C(CO)C[C@H]2C(=O)N(C3CCCCC3)C(=O)[C@H]2[C@H]1CO. The zero-order valence-electron chi connectivity index (χ0n) is 20.4. The highest BCUT2D eigenvalue weighted by Gasteiger charge is 2.56. The van der Waals surface area contributed by atoms with Crippen molar-refractivity contribution >= 4 is 17.9 Å². The van der Waals surface area contributed by atoms with Crippen LogP contribution in [0.2, 0.25) is 0 Å². The fraction of sp³-hybridized carbons (Fsp3) is 0.571. The summed E-state index contributed by atoms with van der Waals surface area (Å²) in [6.07, 6.45) is 6.78. The minimum atomic E-state index is -0.949. The Hall–Kier alpha value is -2.48. The third kappa shape index (κ3) is 5.08. The van der Waals surface area contributed by atoms with E-state index in [1.165, 1.54) is 4.90 Å². The first-order valence-corrected chi connectivity index (χ1v) is 12.8. The summed E-state index contributed by atoms with van der Waals surface area (Å²) in [6, 6.07) is 6.94. The Kier molecular flexibility index (Phi) is 8.09. The predicted octanol–water partition coefficient (Wildman–Crippen LogP) is 3.17. The lowest BCUT2D eigenvalue weighted by atomic mass is 9.68. The van der Waals surface area contributed by atoms with E-state index in [-0.39, 0.29) is 43.2 Å². The van der Waals surface area contributed by atoms with Gasteiger partial charge in [0.2, 0.25) is 11.8 Å². The number of allylic oxidation sites excluding steroid dienone is 1. The first-order chi connectivity index (χ1) is 16.9. The van der Waals surface area contributed by atoms with Gasteiger partial charge in [-0.05, 0) is 56.2 Å². The van der Waals surface area contributed by atoms with E-state index in [1.807, 2.05) is 25.1 Å². The predicted molar refractivity (Wildman–Crippen MR) is 132 cm³/mol. The van der Waals surface area contributed by atoms with Crippen molar-refractivity contribution in [2.24, 2.45) is 17.8 Å². The van der Waals surface area contributed by atoms with Gasteiger partial charge in [0.1, 0.15) is 5.75 Å². The van der Waals surface area contributed by atoms with Gasteiger partial charge >= 0.3 is 0 Å². The van der Waals surface area contributed by atoms with Crippen LogP contribution in [-0.4, -0.2) is 62.5 Å². The molecule has 1 aliphatic heterocycles. The van der Waals surface area contributed by atoms with Crippen LogP contribution in [0.15, 0.2) is 41.0 Å². The molecule has 4 rings (SSSR count). The third-order valence-corrected chi connectivity index (χ3v) is 8.06. The van der Waals surface area contributed by atoms with Gasteiger partial charge in [0.25, 0.3) is 0 Å².